The van der Waals surface area contributed by atoms with E-state index < -0.39 is 0 Å². The van der Waals surface area contributed by atoms with Crippen molar-refractivity contribution in [1.29, 1.82) is 0 Å². The molecular weight excluding hydrogens is 262 g/mol. The van der Waals surface area contributed by atoms with E-state index >= 15 is 0 Å². The van der Waals surface area contributed by atoms with E-state index in [4.69, 9.17) is 20.8 Å². The van der Waals surface area contributed by atoms with Crippen molar-refractivity contribution in [3.05, 3.63) is 52.4 Å². The predicted octanol–water partition coefficient (Wildman–Crippen LogP) is 3.95. The van der Waals surface area contributed by atoms with E-state index in [1.807, 2.05) is 18.2 Å². The Morgan fingerprint density at radius 1 is 1.32 bits per heavy atom. The lowest BCUT2D eigenvalue weighted by atomic mass is 9.98. The quantitative estimate of drug-likeness (QED) is 0.900. The number of hydrogen-bond donors (Lipinski definition) is 1. The van der Waals surface area contributed by atoms with Gasteiger partial charge in [-0.25, -0.2) is 0 Å². The van der Waals surface area contributed by atoms with Crippen LogP contribution in [-0.2, 0) is 0 Å². The van der Waals surface area contributed by atoms with Crippen molar-refractivity contribution in [1.82, 2.24) is 5.32 Å². The molecule has 1 N–H and O–H groups in total. The first kappa shape index (κ1) is 14.0. The van der Waals surface area contributed by atoms with Crippen molar-refractivity contribution >= 4 is 11.6 Å². The third-order valence-corrected chi connectivity index (χ3v) is 3.37. The number of ether oxygens (including phenoxy) is 1. The second kappa shape index (κ2) is 6.13. The van der Waals surface area contributed by atoms with Crippen molar-refractivity contribution in [3.63, 3.8) is 0 Å². The Morgan fingerprint density at radius 3 is 2.68 bits per heavy atom. The molecule has 0 aliphatic carbocycles. The molecule has 1 unspecified atom stereocenters. The Balaban J connectivity index is 2.50. The molecule has 1 aromatic heterocycles. The monoisotopic (exact) mass is 279 g/mol. The number of methoxy groups -OCH3 is 1. The van der Waals surface area contributed by atoms with Gasteiger partial charge in [-0.15, -0.1) is 0 Å². The van der Waals surface area contributed by atoms with Gasteiger partial charge in [0.2, 0.25) is 0 Å². The lowest BCUT2D eigenvalue weighted by Gasteiger charge is -2.20. The number of rotatable bonds is 5. The Bertz CT molecular complexity index is 551. The van der Waals surface area contributed by atoms with Gasteiger partial charge in [-0.05, 0) is 37.2 Å². The van der Waals surface area contributed by atoms with Gasteiger partial charge in [0.1, 0.15) is 5.75 Å². The average Bonchev–Trinajstić information content (AvgIpc) is 2.82. The highest BCUT2D eigenvalue weighted by Crippen LogP contribution is 2.34. The predicted molar refractivity (Wildman–Crippen MR) is 77.0 cm³/mol. The van der Waals surface area contributed by atoms with Gasteiger partial charge in [-0.1, -0.05) is 24.6 Å². The van der Waals surface area contributed by atoms with Crippen LogP contribution in [0, 0.1) is 6.92 Å². The minimum Gasteiger partial charge on any atom is -0.496 e. The maximum absolute atomic E-state index is 6.11. The maximum atomic E-state index is 6.11. The lowest BCUT2D eigenvalue weighted by Crippen LogP contribution is -2.22. The Morgan fingerprint density at radius 2 is 2.11 bits per heavy atom. The molecule has 4 heteroatoms. The highest BCUT2D eigenvalue weighted by molar-refractivity contribution is 6.29. The zero-order valence-corrected chi connectivity index (χ0v) is 12.1. The molecule has 102 valence electrons. The SMILES string of the molecule is CCNC(c1cc(C)ccc1OC)c1ccoc1Cl. The van der Waals surface area contributed by atoms with Crippen LogP contribution in [0.4, 0.5) is 0 Å². The van der Waals surface area contributed by atoms with E-state index in [1.165, 1.54) is 5.56 Å². The fourth-order valence-corrected chi connectivity index (χ4v) is 2.40. The molecule has 0 aliphatic heterocycles. The summed E-state index contributed by atoms with van der Waals surface area (Å²) < 4.78 is 10.7. The van der Waals surface area contributed by atoms with Crippen LogP contribution in [0.3, 0.4) is 0 Å². The standard InChI is InChI=1S/C15H18ClNO2/c1-4-17-14(11-7-8-19-15(11)16)12-9-10(2)5-6-13(12)18-3/h5-9,14,17H,4H2,1-3H3. The van der Waals surface area contributed by atoms with E-state index in [0.29, 0.717) is 5.22 Å². The molecule has 0 saturated carbocycles. The van der Waals surface area contributed by atoms with Crippen LogP contribution in [0.15, 0.2) is 34.9 Å². The summed E-state index contributed by atoms with van der Waals surface area (Å²) in [5, 5.41) is 3.83. The summed E-state index contributed by atoms with van der Waals surface area (Å²) in [6.07, 6.45) is 1.60. The molecular formula is C15H18ClNO2. The van der Waals surface area contributed by atoms with Crippen LogP contribution in [-0.4, -0.2) is 13.7 Å². The molecule has 0 saturated heterocycles. The highest BCUT2D eigenvalue weighted by Gasteiger charge is 2.21. The summed E-state index contributed by atoms with van der Waals surface area (Å²) in [5.41, 5.74) is 3.17. The molecule has 1 aromatic carbocycles. The molecule has 2 aromatic rings. The number of hydrogen-bond acceptors (Lipinski definition) is 3. The Kier molecular flexibility index (Phi) is 4.51. The topological polar surface area (TPSA) is 34.4 Å². The fourth-order valence-electron chi connectivity index (χ4n) is 2.18. The molecule has 1 heterocycles. The van der Waals surface area contributed by atoms with E-state index in [0.717, 1.165) is 23.4 Å². The van der Waals surface area contributed by atoms with Gasteiger partial charge in [-0.3, -0.25) is 0 Å². The van der Waals surface area contributed by atoms with Gasteiger partial charge < -0.3 is 14.5 Å². The van der Waals surface area contributed by atoms with Gasteiger partial charge in [0, 0.05) is 11.1 Å². The van der Waals surface area contributed by atoms with Crippen LogP contribution < -0.4 is 10.1 Å². The first-order valence-corrected chi connectivity index (χ1v) is 6.66. The smallest absolute Gasteiger partial charge is 0.198 e. The number of furan rings is 1. The van der Waals surface area contributed by atoms with Crippen molar-refractivity contribution in [3.8, 4) is 5.75 Å². The van der Waals surface area contributed by atoms with Crippen molar-refractivity contribution in [2.24, 2.45) is 0 Å². The number of halogens is 1. The van der Waals surface area contributed by atoms with Gasteiger partial charge in [0.15, 0.2) is 5.22 Å². The van der Waals surface area contributed by atoms with Crippen molar-refractivity contribution < 1.29 is 9.15 Å². The summed E-state index contributed by atoms with van der Waals surface area (Å²) >= 11 is 6.11. The fraction of sp³-hybridized carbons (Fsp3) is 0.333. The molecule has 0 fully saturated rings. The lowest BCUT2D eigenvalue weighted by molar-refractivity contribution is 0.404. The molecule has 0 amide bonds. The van der Waals surface area contributed by atoms with E-state index in [-0.39, 0.29) is 6.04 Å². The number of aryl methyl sites for hydroxylation is 1. The number of benzene rings is 1. The molecule has 2 rings (SSSR count). The highest BCUT2D eigenvalue weighted by atomic mass is 35.5. The minimum atomic E-state index is -0.0360. The zero-order valence-electron chi connectivity index (χ0n) is 11.4. The van der Waals surface area contributed by atoms with Gasteiger partial charge in [0.05, 0.1) is 19.4 Å². The Labute approximate surface area is 118 Å². The molecule has 1 atom stereocenters. The molecule has 0 aliphatic rings. The average molecular weight is 280 g/mol. The zero-order chi connectivity index (χ0) is 13.8. The summed E-state index contributed by atoms with van der Waals surface area (Å²) in [6, 6.07) is 7.96. The largest absolute Gasteiger partial charge is 0.496 e. The Hall–Kier alpha value is -1.45. The van der Waals surface area contributed by atoms with Crippen molar-refractivity contribution in [2.75, 3.05) is 13.7 Å². The molecule has 3 nitrogen and oxygen atoms in total. The summed E-state index contributed by atoms with van der Waals surface area (Å²) in [6.45, 7) is 4.94. The molecule has 0 bridgehead atoms. The van der Waals surface area contributed by atoms with Gasteiger partial charge in [0.25, 0.3) is 0 Å². The molecule has 0 spiro atoms. The molecule has 0 radical (unpaired) electrons. The van der Waals surface area contributed by atoms with Crippen LogP contribution in [0.2, 0.25) is 5.22 Å². The van der Waals surface area contributed by atoms with Crippen molar-refractivity contribution in [2.45, 2.75) is 19.9 Å². The second-order valence-corrected chi connectivity index (χ2v) is 4.73. The summed E-state index contributed by atoms with van der Waals surface area (Å²) in [5.74, 6) is 0.841. The van der Waals surface area contributed by atoms with Crippen LogP contribution in [0.25, 0.3) is 0 Å². The first-order chi connectivity index (χ1) is 9.17. The van der Waals surface area contributed by atoms with E-state index in [1.54, 1.807) is 13.4 Å². The van der Waals surface area contributed by atoms with Gasteiger partial charge >= 0.3 is 0 Å². The van der Waals surface area contributed by atoms with E-state index in [2.05, 4.69) is 25.2 Å². The minimum absolute atomic E-state index is 0.0360. The second-order valence-electron chi connectivity index (χ2n) is 4.39. The van der Waals surface area contributed by atoms with E-state index in [9.17, 15) is 0 Å². The third-order valence-electron chi connectivity index (χ3n) is 3.06. The third kappa shape index (κ3) is 2.94. The van der Waals surface area contributed by atoms with Crippen LogP contribution in [0.5, 0.6) is 5.75 Å². The maximum Gasteiger partial charge on any atom is 0.198 e. The number of nitrogens with one attached hydrogen (secondary N) is 1. The van der Waals surface area contributed by atoms with Gasteiger partial charge in [-0.2, -0.15) is 0 Å². The molecule has 19 heavy (non-hydrogen) atoms. The summed E-state index contributed by atoms with van der Waals surface area (Å²) in [7, 11) is 1.67. The van der Waals surface area contributed by atoms with Crippen LogP contribution in [0.1, 0.15) is 29.7 Å². The summed E-state index contributed by atoms with van der Waals surface area (Å²) in [4.78, 5) is 0. The van der Waals surface area contributed by atoms with Crippen LogP contribution >= 0.6 is 11.6 Å². The first-order valence-electron chi connectivity index (χ1n) is 6.28. The normalized spacial score (nSPS) is 12.4.